The molecule has 1 fully saturated rings. The number of rotatable bonds is 4. The Kier molecular flexibility index (Phi) is 3.91. The van der Waals surface area contributed by atoms with E-state index >= 15 is 0 Å². The van der Waals surface area contributed by atoms with Gasteiger partial charge >= 0.3 is 0 Å². The van der Waals surface area contributed by atoms with E-state index < -0.39 is 0 Å². The molecule has 0 aromatic heterocycles. The van der Waals surface area contributed by atoms with Crippen LogP contribution >= 0.6 is 0 Å². The molecule has 0 saturated heterocycles. The molecule has 0 spiro atoms. The van der Waals surface area contributed by atoms with E-state index in [1.165, 1.54) is 6.42 Å². The van der Waals surface area contributed by atoms with E-state index in [-0.39, 0.29) is 0 Å². The quantitative estimate of drug-likeness (QED) is 0.666. The van der Waals surface area contributed by atoms with Crippen LogP contribution in [0.2, 0.25) is 0 Å². The van der Waals surface area contributed by atoms with E-state index in [1.807, 2.05) is 0 Å². The van der Waals surface area contributed by atoms with Crippen LogP contribution < -0.4 is 0 Å². The number of Topliss-reactive ketones (excluding diaryl/α,β-unsaturated/α-hetero) is 1. The summed E-state index contributed by atoms with van der Waals surface area (Å²) in [5, 5.41) is 0. The van der Waals surface area contributed by atoms with Crippen LogP contribution in [0.5, 0.6) is 0 Å². The fraction of sp³-hybridized carbons (Fsp3) is 0.909. The van der Waals surface area contributed by atoms with Crippen LogP contribution in [-0.4, -0.2) is 29.3 Å². The molecule has 13 heavy (non-hydrogen) atoms. The highest BCUT2D eigenvalue weighted by Gasteiger charge is 2.28. The van der Waals surface area contributed by atoms with Crippen LogP contribution in [0.15, 0.2) is 0 Å². The average Bonchev–Trinajstić information content (AvgIpc) is 2.46. The molecule has 1 aliphatic rings. The molecule has 1 rings (SSSR count). The Labute approximate surface area is 81.3 Å². The largest absolute Gasteiger partial charge is 0.300 e. The number of carbonyl (C=O) groups is 1. The SMILES string of the molecule is CCCN(C(C)C)C1CCC(=O)C1. The Balaban J connectivity index is 2.49. The van der Waals surface area contributed by atoms with Gasteiger partial charge in [0.15, 0.2) is 0 Å². The van der Waals surface area contributed by atoms with Crippen LogP contribution in [0.1, 0.15) is 46.5 Å². The van der Waals surface area contributed by atoms with Crippen molar-refractivity contribution >= 4 is 5.78 Å². The predicted molar refractivity (Wildman–Crippen MR) is 54.8 cm³/mol. The summed E-state index contributed by atoms with van der Waals surface area (Å²) in [7, 11) is 0. The summed E-state index contributed by atoms with van der Waals surface area (Å²) in [6.45, 7) is 7.78. The lowest BCUT2D eigenvalue weighted by molar-refractivity contribution is -0.117. The van der Waals surface area contributed by atoms with Gasteiger partial charge in [0.1, 0.15) is 5.78 Å². The molecule has 0 radical (unpaired) electrons. The second-order valence-corrected chi connectivity index (χ2v) is 4.27. The van der Waals surface area contributed by atoms with Crippen molar-refractivity contribution in [2.24, 2.45) is 0 Å². The van der Waals surface area contributed by atoms with E-state index in [4.69, 9.17) is 0 Å². The van der Waals surface area contributed by atoms with Gasteiger partial charge in [0.05, 0.1) is 0 Å². The molecule has 1 atom stereocenters. The molecule has 1 saturated carbocycles. The van der Waals surface area contributed by atoms with Crippen LogP contribution in [0, 0.1) is 0 Å². The van der Waals surface area contributed by atoms with Gasteiger partial charge in [-0.05, 0) is 33.2 Å². The van der Waals surface area contributed by atoms with Crippen molar-refractivity contribution in [3.8, 4) is 0 Å². The zero-order valence-electron chi connectivity index (χ0n) is 9.05. The summed E-state index contributed by atoms with van der Waals surface area (Å²) < 4.78 is 0. The van der Waals surface area contributed by atoms with Gasteiger partial charge in [0, 0.05) is 24.9 Å². The van der Waals surface area contributed by atoms with E-state index in [1.54, 1.807) is 0 Å². The number of carbonyl (C=O) groups excluding carboxylic acids is 1. The van der Waals surface area contributed by atoms with Gasteiger partial charge in [0.25, 0.3) is 0 Å². The van der Waals surface area contributed by atoms with Crippen LogP contribution in [-0.2, 0) is 4.79 Å². The minimum absolute atomic E-state index is 0.451. The normalized spacial score (nSPS) is 23.5. The summed E-state index contributed by atoms with van der Waals surface area (Å²) in [4.78, 5) is 13.6. The molecule has 2 nitrogen and oxygen atoms in total. The lowest BCUT2D eigenvalue weighted by Gasteiger charge is -2.31. The van der Waals surface area contributed by atoms with Gasteiger partial charge in [-0.15, -0.1) is 0 Å². The predicted octanol–water partition coefficient (Wildman–Crippen LogP) is 2.23. The fourth-order valence-corrected chi connectivity index (χ4v) is 2.20. The molecule has 0 amide bonds. The molecule has 0 aromatic carbocycles. The Bertz CT molecular complexity index is 177. The first-order valence-electron chi connectivity index (χ1n) is 5.42. The Morgan fingerprint density at radius 2 is 2.23 bits per heavy atom. The fourth-order valence-electron chi connectivity index (χ4n) is 2.20. The first-order valence-corrected chi connectivity index (χ1v) is 5.42. The van der Waals surface area contributed by atoms with E-state index in [9.17, 15) is 4.79 Å². The van der Waals surface area contributed by atoms with Crippen molar-refractivity contribution in [3.05, 3.63) is 0 Å². The first kappa shape index (κ1) is 10.7. The molecule has 0 bridgehead atoms. The summed E-state index contributed by atoms with van der Waals surface area (Å²) in [6, 6.07) is 1.11. The molecular formula is C11H21NO. The number of ketones is 1. The van der Waals surface area contributed by atoms with Crippen molar-refractivity contribution in [2.45, 2.75) is 58.5 Å². The van der Waals surface area contributed by atoms with Gasteiger partial charge in [-0.25, -0.2) is 0 Å². The lowest BCUT2D eigenvalue weighted by Crippen LogP contribution is -2.39. The molecule has 2 heteroatoms. The second-order valence-electron chi connectivity index (χ2n) is 4.27. The number of nitrogens with zero attached hydrogens (tertiary/aromatic N) is 1. The monoisotopic (exact) mass is 183 g/mol. The second kappa shape index (κ2) is 4.75. The van der Waals surface area contributed by atoms with Gasteiger partial charge in [-0.2, -0.15) is 0 Å². The zero-order valence-corrected chi connectivity index (χ0v) is 9.05. The van der Waals surface area contributed by atoms with Crippen molar-refractivity contribution in [3.63, 3.8) is 0 Å². The Morgan fingerprint density at radius 3 is 2.62 bits per heavy atom. The highest BCUT2D eigenvalue weighted by Crippen LogP contribution is 2.22. The third-order valence-electron chi connectivity index (χ3n) is 2.83. The minimum Gasteiger partial charge on any atom is -0.300 e. The smallest absolute Gasteiger partial charge is 0.134 e. The molecular weight excluding hydrogens is 162 g/mol. The van der Waals surface area contributed by atoms with Gasteiger partial charge < -0.3 is 0 Å². The van der Waals surface area contributed by atoms with Crippen molar-refractivity contribution in [1.82, 2.24) is 4.90 Å². The third-order valence-corrected chi connectivity index (χ3v) is 2.83. The Morgan fingerprint density at radius 1 is 1.54 bits per heavy atom. The lowest BCUT2D eigenvalue weighted by atomic mass is 10.1. The molecule has 0 aliphatic heterocycles. The topological polar surface area (TPSA) is 20.3 Å². The van der Waals surface area contributed by atoms with Gasteiger partial charge in [-0.1, -0.05) is 6.92 Å². The first-order chi connectivity index (χ1) is 6.15. The zero-order chi connectivity index (χ0) is 9.84. The van der Waals surface area contributed by atoms with E-state index in [0.717, 1.165) is 25.8 Å². The van der Waals surface area contributed by atoms with Crippen LogP contribution in [0.4, 0.5) is 0 Å². The van der Waals surface area contributed by atoms with E-state index in [2.05, 4.69) is 25.7 Å². The Hall–Kier alpha value is -0.370. The minimum atomic E-state index is 0.451. The molecule has 1 aliphatic carbocycles. The number of hydrogen-bond acceptors (Lipinski definition) is 2. The summed E-state index contributed by atoms with van der Waals surface area (Å²) >= 11 is 0. The molecule has 76 valence electrons. The van der Waals surface area contributed by atoms with Gasteiger partial charge in [0.2, 0.25) is 0 Å². The maximum atomic E-state index is 11.2. The summed E-state index contributed by atoms with van der Waals surface area (Å²) in [6.07, 6.45) is 3.86. The highest BCUT2D eigenvalue weighted by atomic mass is 16.1. The van der Waals surface area contributed by atoms with Crippen molar-refractivity contribution in [2.75, 3.05) is 6.54 Å². The highest BCUT2D eigenvalue weighted by molar-refractivity contribution is 5.81. The van der Waals surface area contributed by atoms with Crippen molar-refractivity contribution < 1.29 is 4.79 Å². The summed E-state index contributed by atoms with van der Waals surface area (Å²) in [5.41, 5.74) is 0. The molecule has 0 aromatic rings. The maximum Gasteiger partial charge on any atom is 0.134 e. The molecule has 0 N–H and O–H groups in total. The van der Waals surface area contributed by atoms with Crippen molar-refractivity contribution in [1.29, 1.82) is 0 Å². The van der Waals surface area contributed by atoms with Crippen LogP contribution in [0.25, 0.3) is 0 Å². The third kappa shape index (κ3) is 2.80. The van der Waals surface area contributed by atoms with Crippen LogP contribution in [0.3, 0.4) is 0 Å². The maximum absolute atomic E-state index is 11.2. The molecule has 0 heterocycles. The molecule has 1 unspecified atom stereocenters. The number of hydrogen-bond donors (Lipinski definition) is 0. The summed E-state index contributed by atoms with van der Waals surface area (Å²) in [5.74, 6) is 0.451. The average molecular weight is 183 g/mol. The standard InChI is InChI=1S/C11H21NO/c1-4-7-12(9(2)3)10-5-6-11(13)8-10/h9-10H,4-8H2,1-3H3. The van der Waals surface area contributed by atoms with Gasteiger partial charge in [-0.3, -0.25) is 9.69 Å². The van der Waals surface area contributed by atoms with E-state index in [0.29, 0.717) is 17.9 Å².